The van der Waals surface area contributed by atoms with Gasteiger partial charge in [0.1, 0.15) is 12.4 Å². The van der Waals surface area contributed by atoms with Crippen molar-refractivity contribution in [1.29, 1.82) is 0 Å². The molecule has 0 bridgehead atoms. The molecule has 1 unspecified atom stereocenters. The number of nitrogens with one attached hydrogen (secondary N) is 1. The molecule has 3 atom stereocenters. The van der Waals surface area contributed by atoms with Crippen molar-refractivity contribution in [3.63, 3.8) is 0 Å². The van der Waals surface area contributed by atoms with Crippen LogP contribution in [-0.4, -0.2) is 45.5 Å². The molecule has 0 aromatic carbocycles. The quantitative estimate of drug-likeness (QED) is 0.635. The number of carbonyl (C=O) groups is 1. The molecule has 3 aromatic heterocycles. The number of thiazole rings is 1. The van der Waals surface area contributed by atoms with Crippen molar-refractivity contribution in [1.82, 2.24) is 25.1 Å². The van der Waals surface area contributed by atoms with E-state index in [1.165, 1.54) is 11.3 Å². The summed E-state index contributed by atoms with van der Waals surface area (Å²) in [5.74, 6) is 2.89. The lowest BCUT2D eigenvalue weighted by Crippen LogP contribution is -2.30. The molecule has 1 saturated carbocycles. The number of alkyl carbamates (subject to hydrolysis) is 1. The van der Waals surface area contributed by atoms with E-state index in [0.717, 1.165) is 48.6 Å². The van der Waals surface area contributed by atoms with Gasteiger partial charge in [-0.2, -0.15) is 5.10 Å². The fourth-order valence-corrected chi connectivity index (χ4v) is 5.36. The van der Waals surface area contributed by atoms with Crippen LogP contribution in [0.25, 0.3) is 11.1 Å². The number of anilines is 1. The molecule has 2 aliphatic rings. The summed E-state index contributed by atoms with van der Waals surface area (Å²) in [5.41, 5.74) is 4.70. The highest BCUT2D eigenvalue weighted by Crippen LogP contribution is 2.42. The highest BCUT2D eigenvalue weighted by atomic mass is 32.1. The zero-order valence-electron chi connectivity index (χ0n) is 17.5. The number of rotatable bonds is 6. The van der Waals surface area contributed by atoms with Crippen molar-refractivity contribution in [3.05, 3.63) is 47.3 Å². The zero-order valence-corrected chi connectivity index (χ0v) is 18.3. The Kier molecular flexibility index (Phi) is 5.59. The Balaban J connectivity index is 1.08. The lowest BCUT2D eigenvalue weighted by Gasteiger charge is -2.20. The molecule has 1 N–H and O–H groups in total. The third-order valence-electron chi connectivity index (χ3n) is 6.33. The number of nitrogens with zero attached hydrogens (tertiary/aromatic N) is 5. The van der Waals surface area contributed by atoms with Crippen LogP contribution in [0.1, 0.15) is 18.5 Å². The van der Waals surface area contributed by atoms with Crippen molar-refractivity contribution in [2.24, 2.45) is 24.8 Å². The van der Waals surface area contributed by atoms with Gasteiger partial charge in [0.25, 0.3) is 0 Å². The molecule has 3 aromatic rings. The van der Waals surface area contributed by atoms with E-state index in [1.807, 2.05) is 31.0 Å². The molecule has 1 aliphatic carbocycles. The number of aromatic nitrogens is 4. The molecule has 162 valence electrons. The van der Waals surface area contributed by atoms with Crippen LogP contribution in [0.3, 0.4) is 0 Å². The Morgan fingerprint density at radius 3 is 2.68 bits per heavy atom. The lowest BCUT2D eigenvalue weighted by atomic mass is 10.0. The summed E-state index contributed by atoms with van der Waals surface area (Å²) in [6.07, 6.45) is 7.72. The molecule has 1 saturated heterocycles. The van der Waals surface area contributed by atoms with Gasteiger partial charge < -0.3 is 15.0 Å². The molecule has 1 amide bonds. The van der Waals surface area contributed by atoms with Gasteiger partial charge in [0.05, 0.1) is 17.4 Å². The third kappa shape index (κ3) is 4.56. The molecule has 0 spiro atoms. The van der Waals surface area contributed by atoms with Gasteiger partial charge in [0.15, 0.2) is 0 Å². The smallest absolute Gasteiger partial charge is 0.407 e. The number of ether oxygens (including phenoxy) is 1. The average Bonchev–Trinajstić information content (AvgIpc) is 3.55. The minimum absolute atomic E-state index is 0.229. The highest BCUT2D eigenvalue weighted by molar-refractivity contribution is 7.07. The van der Waals surface area contributed by atoms with Crippen LogP contribution >= 0.6 is 11.3 Å². The average molecular weight is 439 g/mol. The molecular formula is C22H26N6O2S. The number of hydrogen-bond acceptors (Lipinski definition) is 7. The first-order valence-electron chi connectivity index (χ1n) is 10.6. The highest BCUT2D eigenvalue weighted by Gasteiger charge is 2.41. The summed E-state index contributed by atoms with van der Waals surface area (Å²) in [4.78, 5) is 23.1. The molecule has 0 radical (unpaired) electrons. The molecule has 8 nitrogen and oxygen atoms in total. The SMILES string of the molecule is Cn1cc(-c2ccc(N3C[C@H]4CC(CNC(=O)OCc5cscn5)C[C@H]4C3)nc2)cn1. The Labute approximate surface area is 185 Å². The van der Waals surface area contributed by atoms with Gasteiger partial charge in [-0.25, -0.2) is 14.8 Å². The fourth-order valence-electron chi connectivity index (χ4n) is 4.82. The molecule has 2 fully saturated rings. The van der Waals surface area contributed by atoms with Crippen molar-refractivity contribution in [2.75, 3.05) is 24.5 Å². The van der Waals surface area contributed by atoms with E-state index in [9.17, 15) is 4.79 Å². The van der Waals surface area contributed by atoms with Gasteiger partial charge in [-0.05, 0) is 42.7 Å². The molecule has 31 heavy (non-hydrogen) atoms. The number of amides is 1. The summed E-state index contributed by atoms with van der Waals surface area (Å²) in [5, 5.41) is 9.04. The van der Waals surface area contributed by atoms with Gasteiger partial charge >= 0.3 is 6.09 Å². The van der Waals surface area contributed by atoms with Crippen molar-refractivity contribution < 1.29 is 9.53 Å². The number of carbonyl (C=O) groups excluding carboxylic acids is 1. The standard InChI is InChI=1S/C22H26N6O2S/c1-27-9-19(8-26-27)16-2-3-21(23-7-16)28-10-17-4-15(5-18(17)11-28)6-24-22(29)30-12-20-13-31-14-25-20/h2-3,7-9,13-15,17-18H,4-6,10-12H2,1H3,(H,24,29)/t15?,17-,18+. The molecule has 9 heteroatoms. The van der Waals surface area contributed by atoms with E-state index < -0.39 is 0 Å². The number of hydrogen-bond donors (Lipinski definition) is 1. The Morgan fingerprint density at radius 1 is 1.19 bits per heavy atom. The maximum absolute atomic E-state index is 11.9. The monoisotopic (exact) mass is 438 g/mol. The summed E-state index contributed by atoms with van der Waals surface area (Å²) in [7, 11) is 1.92. The van der Waals surface area contributed by atoms with E-state index >= 15 is 0 Å². The number of aryl methyl sites for hydroxylation is 1. The second-order valence-corrected chi connectivity index (χ2v) is 9.23. The molecule has 1 aliphatic heterocycles. The van der Waals surface area contributed by atoms with E-state index in [4.69, 9.17) is 9.72 Å². The Hall–Kier alpha value is -2.94. The van der Waals surface area contributed by atoms with Gasteiger partial charge in [0, 0.05) is 55.6 Å². The van der Waals surface area contributed by atoms with Crippen LogP contribution in [0.15, 0.2) is 41.6 Å². The largest absolute Gasteiger partial charge is 0.443 e. The van der Waals surface area contributed by atoms with E-state index in [1.54, 1.807) is 10.2 Å². The van der Waals surface area contributed by atoms with Gasteiger partial charge in [-0.1, -0.05) is 0 Å². The minimum Gasteiger partial charge on any atom is -0.443 e. The fraction of sp³-hybridized carbons (Fsp3) is 0.455. The normalized spacial score (nSPS) is 22.5. The van der Waals surface area contributed by atoms with E-state index in [2.05, 4.69) is 32.4 Å². The second-order valence-electron chi connectivity index (χ2n) is 8.51. The lowest BCUT2D eigenvalue weighted by molar-refractivity contribution is 0.136. The molecule has 4 heterocycles. The van der Waals surface area contributed by atoms with Crippen LogP contribution in [0.5, 0.6) is 0 Å². The maximum Gasteiger partial charge on any atom is 0.407 e. The summed E-state index contributed by atoms with van der Waals surface area (Å²) < 4.78 is 7.03. The zero-order chi connectivity index (χ0) is 21.2. The summed E-state index contributed by atoms with van der Waals surface area (Å²) in [6.45, 7) is 2.98. The topological polar surface area (TPSA) is 85.2 Å². The molecule has 5 rings (SSSR count). The first-order chi connectivity index (χ1) is 15.1. The van der Waals surface area contributed by atoms with Crippen LogP contribution < -0.4 is 10.2 Å². The van der Waals surface area contributed by atoms with E-state index in [0.29, 0.717) is 24.3 Å². The Bertz CT molecular complexity index is 1010. The second kappa shape index (κ2) is 8.66. The van der Waals surface area contributed by atoms with Gasteiger partial charge in [0.2, 0.25) is 0 Å². The van der Waals surface area contributed by atoms with Crippen molar-refractivity contribution in [2.45, 2.75) is 19.4 Å². The number of pyridine rings is 1. The van der Waals surface area contributed by atoms with Crippen LogP contribution in [0.4, 0.5) is 10.6 Å². The van der Waals surface area contributed by atoms with Crippen LogP contribution in [0.2, 0.25) is 0 Å². The first kappa shape index (κ1) is 20.0. The molecular weight excluding hydrogens is 412 g/mol. The minimum atomic E-state index is -0.357. The maximum atomic E-state index is 11.9. The van der Waals surface area contributed by atoms with Crippen molar-refractivity contribution >= 4 is 23.2 Å². The number of fused-ring (bicyclic) bond motifs is 1. The van der Waals surface area contributed by atoms with Gasteiger partial charge in [-0.15, -0.1) is 11.3 Å². The Morgan fingerprint density at radius 2 is 2.03 bits per heavy atom. The summed E-state index contributed by atoms with van der Waals surface area (Å²) in [6, 6.07) is 4.23. The first-order valence-corrected chi connectivity index (χ1v) is 11.6. The van der Waals surface area contributed by atoms with Crippen molar-refractivity contribution in [3.8, 4) is 11.1 Å². The van der Waals surface area contributed by atoms with Gasteiger partial charge in [-0.3, -0.25) is 4.68 Å². The van der Waals surface area contributed by atoms with E-state index in [-0.39, 0.29) is 12.7 Å². The predicted octanol–water partition coefficient (Wildman–Crippen LogP) is 3.33. The third-order valence-corrected chi connectivity index (χ3v) is 6.96. The predicted molar refractivity (Wildman–Crippen MR) is 119 cm³/mol. The van der Waals surface area contributed by atoms with Crippen LogP contribution in [-0.2, 0) is 18.4 Å². The summed E-state index contributed by atoms with van der Waals surface area (Å²) >= 11 is 1.50. The van der Waals surface area contributed by atoms with Crippen LogP contribution in [0, 0.1) is 17.8 Å².